The molecular weight excluding hydrogens is 405 g/mol. The van der Waals surface area contributed by atoms with E-state index < -0.39 is 17.8 Å². The third kappa shape index (κ3) is 3.84. The van der Waals surface area contributed by atoms with Gasteiger partial charge in [-0.15, -0.1) is 0 Å². The van der Waals surface area contributed by atoms with Gasteiger partial charge < -0.3 is 15.0 Å². The number of pyridine rings is 1. The lowest BCUT2D eigenvalue weighted by Crippen LogP contribution is -2.45. The van der Waals surface area contributed by atoms with Crippen LogP contribution in [0.15, 0.2) is 30.3 Å². The number of thiazole rings is 1. The smallest absolute Gasteiger partial charge is 0.433 e. The van der Waals surface area contributed by atoms with Crippen LogP contribution in [0.2, 0.25) is 0 Å². The van der Waals surface area contributed by atoms with E-state index in [1.165, 1.54) is 24.5 Å². The number of nitrogens with one attached hydrogen (secondary N) is 1. The fraction of sp³-hybridized carbons (Fsp3) is 0.316. The number of aromatic nitrogens is 2. The Kier molecular flexibility index (Phi) is 4.81. The molecule has 0 aliphatic carbocycles. The number of rotatable bonds is 4. The number of ether oxygens (including phenoxy) is 1. The van der Waals surface area contributed by atoms with Crippen LogP contribution in [0.1, 0.15) is 23.1 Å². The second kappa shape index (κ2) is 7.18. The average Bonchev–Trinajstić information content (AvgIpc) is 3.06. The first-order valence-electron chi connectivity index (χ1n) is 8.83. The maximum Gasteiger partial charge on any atom is 0.433 e. The van der Waals surface area contributed by atoms with Gasteiger partial charge in [0, 0.05) is 19.2 Å². The molecule has 0 radical (unpaired) electrons. The monoisotopic (exact) mass is 422 g/mol. The highest BCUT2D eigenvalue weighted by molar-refractivity contribution is 7.22. The summed E-state index contributed by atoms with van der Waals surface area (Å²) in [6.07, 6.45) is -4.62. The predicted octanol–water partition coefficient (Wildman–Crippen LogP) is 4.43. The lowest BCUT2D eigenvalue weighted by molar-refractivity contribution is -0.141. The van der Waals surface area contributed by atoms with E-state index in [0.29, 0.717) is 17.4 Å². The molecule has 2 aromatic heterocycles. The second-order valence-corrected chi connectivity index (χ2v) is 7.90. The zero-order valence-electron chi connectivity index (χ0n) is 15.6. The SMILES string of the molecule is COc1cc2nc(N3CC(C)C3)sc2cc1NC(=O)c1cccc(C(F)(F)F)n1. The van der Waals surface area contributed by atoms with E-state index in [4.69, 9.17) is 4.74 Å². The summed E-state index contributed by atoms with van der Waals surface area (Å²) in [7, 11) is 1.45. The lowest BCUT2D eigenvalue weighted by atomic mass is 10.0. The van der Waals surface area contributed by atoms with Crippen LogP contribution < -0.4 is 15.0 Å². The second-order valence-electron chi connectivity index (χ2n) is 6.89. The minimum atomic E-state index is -4.62. The first kappa shape index (κ1) is 19.4. The van der Waals surface area contributed by atoms with Crippen molar-refractivity contribution in [2.75, 3.05) is 30.4 Å². The van der Waals surface area contributed by atoms with Crippen molar-refractivity contribution in [3.8, 4) is 5.75 Å². The molecule has 0 atom stereocenters. The molecular formula is C19H17F3N4O2S. The maximum atomic E-state index is 12.9. The third-order valence-electron chi connectivity index (χ3n) is 4.55. The molecule has 1 N–H and O–H groups in total. The standard InChI is InChI=1S/C19H17F3N4O2S/c1-10-8-26(9-10)18-25-13-6-14(28-2)12(7-15(13)29-18)24-17(27)11-4-3-5-16(23-11)19(20,21)22/h3-7,10H,8-9H2,1-2H3,(H,24,27). The van der Waals surface area contributed by atoms with E-state index in [-0.39, 0.29) is 5.69 Å². The number of carbonyl (C=O) groups excluding carboxylic acids is 1. The van der Waals surface area contributed by atoms with Crippen LogP contribution in [-0.2, 0) is 6.18 Å². The van der Waals surface area contributed by atoms with Crippen molar-refractivity contribution in [2.45, 2.75) is 13.1 Å². The number of alkyl halides is 3. The molecule has 0 saturated carbocycles. The van der Waals surface area contributed by atoms with Crippen molar-refractivity contribution >= 4 is 38.3 Å². The molecule has 3 heterocycles. The molecule has 1 amide bonds. The van der Waals surface area contributed by atoms with E-state index in [1.807, 2.05) is 0 Å². The molecule has 3 aromatic rings. The topological polar surface area (TPSA) is 67.3 Å². The molecule has 1 fully saturated rings. The van der Waals surface area contributed by atoms with Crippen LogP contribution in [0.25, 0.3) is 10.2 Å². The van der Waals surface area contributed by atoms with Crippen molar-refractivity contribution in [1.29, 1.82) is 0 Å². The van der Waals surface area contributed by atoms with Crippen LogP contribution in [-0.4, -0.2) is 36.1 Å². The number of fused-ring (bicyclic) bond motifs is 1. The van der Waals surface area contributed by atoms with Crippen molar-refractivity contribution in [3.63, 3.8) is 0 Å². The Morgan fingerprint density at radius 3 is 2.69 bits per heavy atom. The number of nitrogens with zero attached hydrogens (tertiary/aromatic N) is 3. The molecule has 0 spiro atoms. The van der Waals surface area contributed by atoms with Crippen molar-refractivity contribution in [3.05, 3.63) is 41.7 Å². The fourth-order valence-corrected chi connectivity index (χ4v) is 4.11. The highest BCUT2D eigenvalue weighted by atomic mass is 32.1. The van der Waals surface area contributed by atoms with Gasteiger partial charge in [-0.3, -0.25) is 4.79 Å². The molecule has 1 aromatic carbocycles. The Morgan fingerprint density at radius 2 is 2.03 bits per heavy atom. The summed E-state index contributed by atoms with van der Waals surface area (Å²) in [6, 6.07) is 6.61. The molecule has 1 aliphatic rings. The number of carbonyl (C=O) groups is 1. The van der Waals surface area contributed by atoms with Gasteiger partial charge in [-0.05, 0) is 24.1 Å². The van der Waals surface area contributed by atoms with Gasteiger partial charge in [0.05, 0.1) is 23.0 Å². The van der Waals surface area contributed by atoms with E-state index in [0.717, 1.165) is 40.6 Å². The summed E-state index contributed by atoms with van der Waals surface area (Å²) in [5, 5.41) is 3.49. The molecule has 0 bridgehead atoms. The Hall–Kier alpha value is -2.88. The van der Waals surface area contributed by atoms with Gasteiger partial charge in [0.25, 0.3) is 5.91 Å². The number of anilines is 2. The van der Waals surface area contributed by atoms with E-state index in [2.05, 4.69) is 27.1 Å². The summed E-state index contributed by atoms with van der Waals surface area (Å²) < 4.78 is 44.7. The Morgan fingerprint density at radius 1 is 1.28 bits per heavy atom. The van der Waals surface area contributed by atoms with Crippen LogP contribution in [0, 0.1) is 5.92 Å². The minimum Gasteiger partial charge on any atom is -0.494 e. The molecule has 29 heavy (non-hydrogen) atoms. The number of amides is 1. The average molecular weight is 422 g/mol. The minimum absolute atomic E-state index is 0.332. The van der Waals surface area contributed by atoms with Gasteiger partial charge in [0.1, 0.15) is 17.1 Å². The van der Waals surface area contributed by atoms with Gasteiger partial charge in [-0.25, -0.2) is 9.97 Å². The Labute approximate surface area is 168 Å². The number of hydrogen-bond donors (Lipinski definition) is 1. The van der Waals surface area contributed by atoms with Crippen LogP contribution in [0.5, 0.6) is 5.75 Å². The zero-order chi connectivity index (χ0) is 20.8. The van der Waals surface area contributed by atoms with Crippen LogP contribution in [0.4, 0.5) is 24.0 Å². The normalized spacial score (nSPS) is 14.7. The maximum absolute atomic E-state index is 12.9. The summed E-state index contributed by atoms with van der Waals surface area (Å²) in [6.45, 7) is 4.06. The summed E-state index contributed by atoms with van der Waals surface area (Å²) in [5.74, 6) is 0.244. The Bertz CT molecular complexity index is 1080. The Balaban J connectivity index is 1.62. The molecule has 6 nitrogen and oxygen atoms in total. The van der Waals surface area contributed by atoms with Gasteiger partial charge in [0.2, 0.25) is 0 Å². The molecule has 0 unspecified atom stereocenters. The zero-order valence-corrected chi connectivity index (χ0v) is 16.4. The predicted molar refractivity (Wildman–Crippen MR) is 105 cm³/mol. The first-order valence-corrected chi connectivity index (χ1v) is 9.65. The third-order valence-corrected chi connectivity index (χ3v) is 5.63. The lowest BCUT2D eigenvalue weighted by Gasteiger charge is -2.36. The molecule has 10 heteroatoms. The van der Waals surface area contributed by atoms with Gasteiger partial charge in [-0.2, -0.15) is 13.2 Å². The molecule has 1 saturated heterocycles. The molecule has 1 aliphatic heterocycles. The quantitative estimate of drug-likeness (QED) is 0.674. The van der Waals surface area contributed by atoms with Crippen LogP contribution in [0.3, 0.4) is 0 Å². The largest absolute Gasteiger partial charge is 0.494 e. The van der Waals surface area contributed by atoms with E-state index in [1.54, 1.807) is 12.1 Å². The van der Waals surface area contributed by atoms with Crippen molar-refractivity contribution in [1.82, 2.24) is 9.97 Å². The number of hydrogen-bond acceptors (Lipinski definition) is 6. The number of methoxy groups -OCH3 is 1. The summed E-state index contributed by atoms with van der Waals surface area (Å²) in [4.78, 5) is 22.7. The van der Waals surface area contributed by atoms with Gasteiger partial charge in [0.15, 0.2) is 5.13 Å². The molecule has 152 valence electrons. The fourth-order valence-electron chi connectivity index (χ4n) is 3.10. The van der Waals surface area contributed by atoms with Crippen molar-refractivity contribution < 1.29 is 22.7 Å². The highest BCUT2D eigenvalue weighted by Gasteiger charge is 2.33. The number of halogens is 3. The van der Waals surface area contributed by atoms with E-state index in [9.17, 15) is 18.0 Å². The van der Waals surface area contributed by atoms with E-state index >= 15 is 0 Å². The summed E-state index contributed by atoms with van der Waals surface area (Å²) >= 11 is 1.49. The molecule has 4 rings (SSSR count). The van der Waals surface area contributed by atoms with Gasteiger partial charge in [-0.1, -0.05) is 24.3 Å². The first-order chi connectivity index (χ1) is 13.7. The summed E-state index contributed by atoms with van der Waals surface area (Å²) in [5.41, 5.74) is -0.377. The van der Waals surface area contributed by atoms with Gasteiger partial charge >= 0.3 is 6.18 Å². The van der Waals surface area contributed by atoms with Crippen molar-refractivity contribution in [2.24, 2.45) is 5.92 Å². The number of benzene rings is 1. The highest BCUT2D eigenvalue weighted by Crippen LogP contribution is 2.38. The van der Waals surface area contributed by atoms with Crippen LogP contribution >= 0.6 is 11.3 Å².